The fourth-order valence-corrected chi connectivity index (χ4v) is 2.54. The molecule has 27 heavy (non-hydrogen) atoms. The lowest BCUT2D eigenvalue weighted by Crippen LogP contribution is -2.42. The minimum atomic E-state index is -1.20. The van der Waals surface area contributed by atoms with Crippen LogP contribution in [0.4, 0.5) is 4.79 Å². The summed E-state index contributed by atoms with van der Waals surface area (Å²) < 4.78 is 5.42. The number of benzene rings is 2. The molecule has 1 atom stereocenters. The van der Waals surface area contributed by atoms with Crippen molar-refractivity contribution in [2.24, 2.45) is 0 Å². The number of rotatable bonds is 6. The fraction of sp³-hybridized carbons (Fsp3) is 0.286. The Balaban J connectivity index is 2.13. The van der Waals surface area contributed by atoms with E-state index in [9.17, 15) is 14.4 Å². The van der Waals surface area contributed by atoms with Crippen LogP contribution in [0.2, 0.25) is 0 Å². The van der Waals surface area contributed by atoms with E-state index in [1.165, 1.54) is 0 Å². The molecule has 0 aliphatic carbocycles. The molecule has 0 radical (unpaired) electrons. The number of carbonyl (C=O) groups is 3. The van der Waals surface area contributed by atoms with Crippen molar-refractivity contribution in [2.45, 2.75) is 33.3 Å². The maximum Gasteiger partial charge on any atom is 0.321 e. The molecule has 0 fully saturated rings. The second-order valence-corrected chi connectivity index (χ2v) is 6.22. The van der Waals surface area contributed by atoms with Gasteiger partial charge < -0.3 is 10.1 Å². The summed E-state index contributed by atoms with van der Waals surface area (Å²) in [5, 5.41) is 4.68. The zero-order valence-electron chi connectivity index (χ0n) is 15.7. The zero-order chi connectivity index (χ0) is 19.8. The van der Waals surface area contributed by atoms with Crippen molar-refractivity contribution >= 4 is 17.9 Å². The van der Waals surface area contributed by atoms with Crippen LogP contribution >= 0.6 is 0 Å². The van der Waals surface area contributed by atoms with Crippen molar-refractivity contribution in [3.63, 3.8) is 0 Å². The Morgan fingerprint density at radius 1 is 1.00 bits per heavy atom. The van der Waals surface area contributed by atoms with Crippen LogP contribution < -0.4 is 10.6 Å². The highest BCUT2D eigenvalue weighted by Gasteiger charge is 2.26. The highest BCUT2D eigenvalue weighted by molar-refractivity contribution is 5.97. The van der Waals surface area contributed by atoms with E-state index in [1.54, 1.807) is 37.3 Å². The van der Waals surface area contributed by atoms with Gasteiger partial charge in [-0.1, -0.05) is 48.5 Å². The van der Waals surface area contributed by atoms with Gasteiger partial charge in [0.15, 0.2) is 0 Å². The molecule has 0 spiro atoms. The largest absolute Gasteiger partial charge is 0.447 e. The maximum absolute atomic E-state index is 12.5. The van der Waals surface area contributed by atoms with Crippen molar-refractivity contribution in [2.75, 3.05) is 6.54 Å². The lowest BCUT2D eigenvalue weighted by Gasteiger charge is -2.18. The monoisotopic (exact) mass is 368 g/mol. The summed E-state index contributed by atoms with van der Waals surface area (Å²) >= 11 is 0. The van der Waals surface area contributed by atoms with Gasteiger partial charge in [-0.2, -0.15) is 0 Å². The lowest BCUT2D eigenvalue weighted by atomic mass is 10.0. The average molecular weight is 368 g/mol. The predicted molar refractivity (Wildman–Crippen MR) is 102 cm³/mol. The van der Waals surface area contributed by atoms with E-state index in [4.69, 9.17) is 4.74 Å². The number of hydrogen-bond donors (Lipinski definition) is 2. The Kier molecular flexibility index (Phi) is 7.11. The Bertz CT molecular complexity index is 818. The molecule has 0 unspecified atom stereocenters. The Hall–Kier alpha value is -3.15. The molecule has 0 aliphatic heterocycles. The van der Waals surface area contributed by atoms with Crippen LogP contribution in [-0.2, 0) is 20.7 Å². The molecular formula is C21H24N2O4. The first-order valence-corrected chi connectivity index (χ1v) is 8.80. The van der Waals surface area contributed by atoms with Crippen molar-refractivity contribution in [1.82, 2.24) is 10.6 Å². The van der Waals surface area contributed by atoms with Gasteiger partial charge in [-0.3, -0.25) is 14.9 Å². The predicted octanol–water partition coefficient (Wildman–Crippen LogP) is 2.98. The van der Waals surface area contributed by atoms with Crippen LogP contribution in [0.3, 0.4) is 0 Å². The van der Waals surface area contributed by atoms with Gasteiger partial charge in [-0.05, 0) is 37.5 Å². The molecule has 0 heterocycles. The summed E-state index contributed by atoms with van der Waals surface area (Å²) in [5.41, 5.74) is 3.51. The summed E-state index contributed by atoms with van der Waals surface area (Å²) in [6.45, 7) is 6.08. The van der Waals surface area contributed by atoms with E-state index < -0.39 is 24.0 Å². The molecule has 0 aromatic heterocycles. The standard InChI is InChI=1S/C21H24N2O4/c1-4-22-21(26)23-20(25)19(17-8-6-5-7-9-17)27-18(24)13-16-11-10-14(2)15(3)12-16/h5-12,19H,4,13H2,1-3H3,(H2,22,23,25,26)/t19-/m0/s1. The van der Waals surface area contributed by atoms with Crippen molar-refractivity contribution < 1.29 is 19.1 Å². The van der Waals surface area contributed by atoms with E-state index in [-0.39, 0.29) is 6.42 Å². The first-order chi connectivity index (χ1) is 12.9. The second-order valence-electron chi connectivity index (χ2n) is 6.22. The third-order valence-electron chi connectivity index (χ3n) is 4.08. The van der Waals surface area contributed by atoms with Crippen molar-refractivity contribution in [3.8, 4) is 0 Å². The van der Waals surface area contributed by atoms with Crippen LogP contribution in [0, 0.1) is 13.8 Å². The fourth-order valence-electron chi connectivity index (χ4n) is 2.54. The number of nitrogens with one attached hydrogen (secondary N) is 2. The first-order valence-electron chi connectivity index (χ1n) is 8.80. The number of hydrogen-bond acceptors (Lipinski definition) is 4. The van der Waals surface area contributed by atoms with E-state index in [1.807, 2.05) is 32.0 Å². The molecule has 0 saturated carbocycles. The Morgan fingerprint density at radius 2 is 1.70 bits per heavy atom. The number of urea groups is 1. The zero-order valence-corrected chi connectivity index (χ0v) is 15.7. The van der Waals surface area contributed by atoms with Gasteiger partial charge in [0.1, 0.15) is 0 Å². The number of amides is 3. The first kappa shape index (κ1) is 20.2. The van der Waals surface area contributed by atoms with Gasteiger partial charge in [0.2, 0.25) is 6.10 Å². The van der Waals surface area contributed by atoms with Gasteiger partial charge in [0, 0.05) is 12.1 Å². The highest BCUT2D eigenvalue weighted by atomic mass is 16.5. The molecular weight excluding hydrogens is 344 g/mol. The molecule has 6 nitrogen and oxygen atoms in total. The molecule has 2 aromatic rings. The third kappa shape index (κ3) is 5.95. The van der Waals surface area contributed by atoms with Crippen LogP contribution in [0.1, 0.15) is 35.3 Å². The number of carbonyl (C=O) groups excluding carboxylic acids is 3. The number of aryl methyl sites for hydroxylation is 2. The van der Waals surface area contributed by atoms with Crippen LogP contribution in [0.15, 0.2) is 48.5 Å². The normalized spacial score (nSPS) is 11.4. The summed E-state index contributed by atoms with van der Waals surface area (Å²) in [5.74, 6) is -1.24. The minimum Gasteiger partial charge on any atom is -0.447 e. The third-order valence-corrected chi connectivity index (χ3v) is 4.08. The van der Waals surface area contributed by atoms with Gasteiger partial charge in [-0.25, -0.2) is 4.79 Å². The number of ether oxygens (including phenoxy) is 1. The number of imide groups is 1. The topological polar surface area (TPSA) is 84.5 Å². The van der Waals surface area contributed by atoms with Crippen LogP contribution in [0.5, 0.6) is 0 Å². The molecule has 6 heteroatoms. The lowest BCUT2D eigenvalue weighted by molar-refractivity contribution is -0.155. The molecule has 3 amide bonds. The van der Waals surface area contributed by atoms with Crippen molar-refractivity contribution in [1.29, 1.82) is 0 Å². The quantitative estimate of drug-likeness (QED) is 0.768. The summed E-state index contributed by atoms with van der Waals surface area (Å²) in [4.78, 5) is 36.5. The smallest absolute Gasteiger partial charge is 0.321 e. The van der Waals surface area contributed by atoms with Crippen LogP contribution in [0.25, 0.3) is 0 Å². The molecule has 2 rings (SSSR count). The van der Waals surface area contributed by atoms with Crippen molar-refractivity contribution in [3.05, 3.63) is 70.8 Å². The van der Waals surface area contributed by atoms with Gasteiger partial charge in [0.05, 0.1) is 6.42 Å². The van der Waals surface area contributed by atoms with Gasteiger partial charge in [-0.15, -0.1) is 0 Å². The second kappa shape index (κ2) is 9.52. The minimum absolute atomic E-state index is 0.0406. The molecule has 2 N–H and O–H groups in total. The molecule has 0 aliphatic rings. The Labute approximate surface area is 158 Å². The maximum atomic E-state index is 12.5. The molecule has 0 saturated heterocycles. The summed E-state index contributed by atoms with van der Waals surface area (Å²) in [6, 6.07) is 13.7. The van der Waals surface area contributed by atoms with E-state index in [2.05, 4.69) is 10.6 Å². The molecule has 0 bridgehead atoms. The molecule has 2 aromatic carbocycles. The van der Waals surface area contributed by atoms with E-state index >= 15 is 0 Å². The van der Waals surface area contributed by atoms with Crippen LogP contribution in [-0.4, -0.2) is 24.5 Å². The van der Waals surface area contributed by atoms with E-state index in [0.717, 1.165) is 16.7 Å². The Morgan fingerprint density at radius 3 is 2.33 bits per heavy atom. The highest BCUT2D eigenvalue weighted by Crippen LogP contribution is 2.19. The summed E-state index contributed by atoms with van der Waals surface area (Å²) in [6.07, 6.45) is -1.16. The van der Waals surface area contributed by atoms with Gasteiger partial charge >= 0.3 is 12.0 Å². The van der Waals surface area contributed by atoms with Gasteiger partial charge in [0.25, 0.3) is 5.91 Å². The molecule has 142 valence electrons. The average Bonchev–Trinajstić information content (AvgIpc) is 2.63. The summed E-state index contributed by atoms with van der Waals surface area (Å²) in [7, 11) is 0. The SMILES string of the molecule is CCNC(=O)NC(=O)[C@@H](OC(=O)Cc1ccc(C)c(C)c1)c1ccccc1. The van der Waals surface area contributed by atoms with E-state index in [0.29, 0.717) is 12.1 Å². The number of esters is 1.